The fraction of sp³-hybridized carbons (Fsp3) is 0.368. The Morgan fingerprint density at radius 2 is 1.92 bits per heavy atom. The van der Waals surface area contributed by atoms with Gasteiger partial charge in [0.05, 0.1) is 0 Å². The molecule has 7 heteroatoms. The first-order chi connectivity index (χ1) is 12.8. The molecule has 7 nitrogen and oxygen atoms in total. The second-order valence-corrected chi connectivity index (χ2v) is 6.59. The normalized spacial score (nSPS) is 15.3. The minimum Gasteiger partial charge on any atom is -0.356 e. The molecule has 0 aliphatic carbocycles. The smallest absolute Gasteiger partial charge is 0.231 e. The zero-order chi connectivity index (χ0) is 17.8. The fourth-order valence-corrected chi connectivity index (χ4v) is 3.41. The van der Waals surface area contributed by atoms with Crippen LogP contribution in [0.3, 0.4) is 0 Å². The van der Waals surface area contributed by atoms with E-state index in [1.807, 2.05) is 40.9 Å². The molecule has 0 atom stereocenters. The number of anilines is 1. The fourth-order valence-electron chi connectivity index (χ4n) is 3.41. The van der Waals surface area contributed by atoms with E-state index in [2.05, 4.69) is 25.4 Å². The molecule has 0 bridgehead atoms. The molecule has 0 aromatic carbocycles. The molecule has 1 fully saturated rings. The minimum absolute atomic E-state index is 0.0721. The summed E-state index contributed by atoms with van der Waals surface area (Å²) in [7, 11) is 0. The summed E-state index contributed by atoms with van der Waals surface area (Å²) in [4.78, 5) is 18.6. The van der Waals surface area contributed by atoms with Crippen LogP contribution in [-0.2, 0) is 11.2 Å². The van der Waals surface area contributed by atoms with Crippen LogP contribution in [0.15, 0.2) is 48.9 Å². The summed E-state index contributed by atoms with van der Waals surface area (Å²) >= 11 is 0. The van der Waals surface area contributed by atoms with E-state index >= 15 is 0 Å². The largest absolute Gasteiger partial charge is 0.356 e. The number of rotatable bonds is 5. The van der Waals surface area contributed by atoms with E-state index in [4.69, 9.17) is 0 Å². The molecule has 0 spiro atoms. The molecule has 1 N–H and O–H groups in total. The number of pyridine rings is 2. The second kappa shape index (κ2) is 7.51. The van der Waals surface area contributed by atoms with Gasteiger partial charge in [-0.3, -0.25) is 14.2 Å². The summed E-state index contributed by atoms with van der Waals surface area (Å²) in [5, 5.41) is 11.6. The summed E-state index contributed by atoms with van der Waals surface area (Å²) < 4.78 is 2.00. The van der Waals surface area contributed by atoms with Crippen LogP contribution in [0.2, 0.25) is 0 Å². The third-order valence-electron chi connectivity index (χ3n) is 4.91. The molecule has 134 valence electrons. The molecular weight excluding hydrogens is 328 g/mol. The zero-order valence-corrected chi connectivity index (χ0v) is 14.6. The lowest BCUT2D eigenvalue weighted by Gasteiger charge is -2.31. The molecule has 4 rings (SSSR count). The van der Waals surface area contributed by atoms with Crippen molar-refractivity contribution in [2.24, 2.45) is 5.92 Å². The summed E-state index contributed by atoms with van der Waals surface area (Å²) in [5.41, 5.74) is 2.03. The number of aromatic nitrogens is 4. The maximum atomic E-state index is 12.4. The van der Waals surface area contributed by atoms with E-state index < -0.39 is 0 Å². The molecule has 0 radical (unpaired) electrons. The molecule has 1 amide bonds. The van der Waals surface area contributed by atoms with Gasteiger partial charge < -0.3 is 10.2 Å². The van der Waals surface area contributed by atoms with Gasteiger partial charge in [0.1, 0.15) is 0 Å². The third-order valence-corrected chi connectivity index (χ3v) is 4.91. The number of fused-ring (bicyclic) bond motifs is 1. The van der Waals surface area contributed by atoms with Crippen molar-refractivity contribution in [3.05, 3.63) is 54.5 Å². The number of piperidine rings is 1. The number of hydrogen-bond donors (Lipinski definition) is 1. The van der Waals surface area contributed by atoms with E-state index in [-0.39, 0.29) is 11.8 Å². The van der Waals surface area contributed by atoms with Crippen LogP contribution in [-0.4, -0.2) is 45.1 Å². The lowest BCUT2D eigenvalue weighted by Crippen LogP contribution is -2.41. The van der Waals surface area contributed by atoms with Gasteiger partial charge in [-0.1, -0.05) is 6.07 Å². The van der Waals surface area contributed by atoms with Crippen LogP contribution in [0.25, 0.3) is 5.65 Å². The SMILES string of the molecule is O=C(NCCc1ccncc1)C1CCN(c2nnc3ccccn23)CC1. The standard InChI is InChI=1S/C19H22N6O/c26-18(21-11-6-15-4-9-20-10-5-15)16-7-13-24(14-8-16)19-23-22-17-3-1-2-12-25(17)19/h1-5,9-10,12,16H,6-8,11,13-14H2,(H,21,26). The minimum atomic E-state index is 0.0721. The van der Waals surface area contributed by atoms with Gasteiger partial charge in [-0.2, -0.15) is 0 Å². The number of nitrogens with zero attached hydrogens (tertiary/aromatic N) is 5. The highest BCUT2D eigenvalue weighted by atomic mass is 16.1. The molecule has 1 aliphatic rings. The molecular formula is C19H22N6O. The molecule has 3 aromatic rings. The molecule has 4 heterocycles. The van der Waals surface area contributed by atoms with Crippen LogP contribution < -0.4 is 10.2 Å². The third kappa shape index (κ3) is 3.51. The number of nitrogens with one attached hydrogen (secondary N) is 1. The van der Waals surface area contributed by atoms with Crippen molar-refractivity contribution in [3.63, 3.8) is 0 Å². The predicted octanol–water partition coefficient (Wildman–Crippen LogP) is 1.70. The zero-order valence-electron chi connectivity index (χ0n) is 14.6. The Labute approximate surface area is 152 Å². The monoisotopic (exact) mass is 350 g/mol. The van der Waals surface area contributed by atoms with Crippen LogP contribution in [0, 0.1) is 5.92 Å². The Morgan fingerprint density at radius 1 is 1.12 bits per heavy atom. The summed E-state index contributed by atoms with van der Waals surface area (Å²) in [6.07, 6.45) is 8.04. The van der Waals surface area contributed by atoms with Crippen molar-refractivity contribution < 1.29 is 4.79 Å². The van der Waals surface area contributed by atoms with E-state index in [1.165, 1.54) is 5.56 Å². The Hall–Kier alpha value is -2.96. The first-order valence-electron chi connectivity index (χ1n) is 9.02. The first kappa shape index (κ1) is 16.5. The average molecular weight is 350 g/mol. The van der Waals surface area contributed by atoms with Crippen LogP contribution in [0.1, 0.15) is 18.4 Å². The predicted molar refractivity (Wildman–Crippen MR) is 98.9 cm³/mol. The summed E-state index contributed by atoms with van der Waals surface area (Å²) in [6, 6.07) is 9.83. The highest BCUT2D eigenvalue weighted by Gasteiger charge is 2.26. The highest BCUT2D eigenvalue weighted by Crippen LogP contribution is 2.22. The van der Waals surface area contributed by atoms with E-state index in [9.17, 15) is 4.79 Å². The lowest BCUT2D eigenvalue weighted by molar-refractivity contribution is -0.125. The molecule has 3 aromatic heterocycles. The molecule has 26 heavy (non-hydrogen) atoms. The van der Waals surface area contributed by atoms with Crippen LogP contribution in [0.5, 0.6) is 0 Å². The highest BCUT2D eigenvalue weighted by molar-refractivity contribution is 5.79. The van der Waals surface area contributed by atoms with Gasteiger partial charge in [-0.05, 0) is 49.1 Å². The number of carbonyl (C=O) groups is 1. The summed E-state index contributed by atoms with van der Waals surface area (Å²) in [6.45, 7) is 2.30. The van der Waals surface area contributed by atoms with Gasteiger partial charge in [0.15, 0.2) is 5.65 Å². The van der Waals surface area contributed by atoms with Gasteiger partial charge in [0, 0.05) is 44.1 Å². The summed E-state index contributed by atoms with van der Waals surface area (Å²) in [5.74, 6) is 1.09. The van der Waals surface area contributed by atoms with E-state index in [1.54, 1.807) is 12.4 Å². The second-order valence-electron chi connectivity index (χ2n) is 6.59. The van der Waals surface area contributed by atoms with E-state index in [0.29, 0.717) is 6.54 Å². The number of carbonyl (C=O) groups excluding carboxylic acids is 1. The van der Waals surface area contributed by atoms with E-state index in [0.717, 1.165) is 43.9 Å². The first-order valence-corrected chi connectivity index (χ1v) is 9.02. The number of hydrogen-bond acceptors (Lipinski definition) is 5. The van der Waals surface area contributed by atoms with Crippen molar-refractivity contribution in [2.75, 3.05) is 24.5 Å². The van der Waals surface area contributed by atoms with Crippen LogP contribution >= 0.6 is 0 Å². The van der Waals surface area contributed by atoms with Gasteiger partial charge >= 0.3 is 0 Å². The lowest BCUT2D eigenvalue weighted by atomic mass is 9.96. The van der Waals surface area contributed by atoms with Gasteiger partial charge in [-0.15, -0.1) is 10.2 Å². The van der Waals surface area contributed by atoms with Crippen molar-refractivity contribution in [3.8, 4) is 0 Å². The Bertz CT molecular complexity index is 870. The Morgan fingerprint density at radius 3 is 2.73 bits per heavy atom. The topological polar surface area (TPSA) is 75.4 Å². The van der Waals surface area contributed by atoms with Crippen molar-refractivity contribution in [2.45, 2.75) is 19.3 Å². The van der Waals surface area contributed by atoms with Crippen molar-refractivity contribution in [1.29, 1.82) is 0 Å². The van der Waals surface area contributed by atoms with Gasteiger partial charge in [0.2, 0.25) is 11.9 Å². The maximum Gasteiger partial charge on any atom is 0.231 e. The molecule has 1 saturated heterocycles. The maximum absolute atomic E-state index is 12.4. The van der Waals surface area contributed by atoms with Crippen LogP contribution in [0.4, 0.5) is 5.95 Å². The average Bonchev–Trinajstić information content (AvgIpc) is 3.13. The quantitative estimate of drug-likeness (QED) is 0.758. The van der Waals surface area contributed by atoms with Gasteiger partial charge in [-0.25, -0.2) is 0 Å². The van der Waals surface area contributed by atoms with Crippen molar-refractivity contribution >= 4 is 17.5 Å². The van der Waals surface area contributed by atoms with Crippen molar-refractivity contribution in [1.82, 2.24) is 24.9 Å². The molecule has 0 saturated carbocycles. The Kier molecular flexibility index (Phi) is 4.77. The molecule has 0 unspecified atom stereocenters. The number of amides is 1. The molecule has 1 aliphatic heterocycles. The Balaban J connectivity index is 1.28. The van der Waals surface area contributed by atoms with Gasteiger partial charge in [0.25, 0.3) is 0 Å².